The van der Waals surface area contributed by atoms with Crippen molar-refractivity contribution in [1.29, 1.82) is 5.26 Å². The van der Waals surface area contributed by atoms with Gasteiger partial charge in [-0.1, -0.05) is 29.8 Å². The molecular formula is C30H29BrF4N4O3. The number of nitrogens with two attached hydrogens (primary N) is 1. The number of aliphatic hydroxyl groups is 1. The molecule has 7 nitrogen and oxygen atoms in total. The highest BCUT2D eigenvalue weighted by molar-refractivity contribution is 9.10. The molecule has 0 saturated heterocycles. The first-order valence-corrected chi connectivity index (χ1v) is 14.0. The first-order valence-electron chi connectivity index (χ1n) is 13.2. The summed E-state index contributed by atoms with van der Waals surface area (Å²) in [6, 6.07) is 10.3. The lowest BCUT2D eigenvalue weighted by Gasteiger charge is -2.30. The Morgan fingerprint density at radius 3 is 2.48 bits per heavy atom. The zero-order valence-corrected chi connectivity index (χ0v) is 24.4. The summed E-state index contributed by atoms with van der Waals surface area (Å²) >= 11 is 3.08. The predicted molar refractivity (Wildman–Crippen MR) is 152 cm³/mol. The van der Waals surface area contributed by atoms with Crippen molar-refractivity contribution in [3.05, 3.63) is 80.8 Å². The normalized spacial score (nSPS) is 19.4. The molecule has 2 atom stereocenters. The molecule has 2 aromatic carbocycles. The molecule has 1 saturated carbocycles. The van der Waals surface area contributed by atoms with E-state index in [1.54, 1.807) is 18.2 Å². The lowest BCUT2D eigenvalue weighted by molar-refractivity contribution is -0.137. The number of rotatable bonds is 4. The van der Waals surface area contributed by atoms with Crippen LogP contribution in [-0.4, -0.2) is 33.5 Å². The number of Topliss-reactive ketones (excluding diaryl/α,β-unsaturated/α-hetero) is 1. The Kier molecular flexibility index (Phi) is 8.85. The van der Waals surface area contributed by atoms with Gasteiger partial charge in [-0.25, -0.2) is 4.39 Å². The standard InChI is InChI=1S/C23H26F3N3O3.C7H3BrFN/c1-22(2)9-17-20(19(31)10-22)14(23(24,25)26)11-29(17)12-6-7-13(21(27)32)16(8-12)28-15-4-3-5-18(15)30;8-6-2-1-5(4-10)7(9)3-6/h6-8,11,15,18,28,30H,3-5,9-10H2,1-2H3,(H2,27,32);1-3H/t15-,18-;/m0./s1. The van der Waals surface area contributed by atoms with Crippen LogP contribution in [0.5, 0.6) is 0 Å². The number of aliphatic hydroxyl groups excluding tert-OH is 1. The van der Waals surface area contributed by atoms with Gasteiger partial charge in [-0.15, -0.1) is 0 Å². The number of alkyl halides is 3. The molecule has 222 valence electrons. The molecule has 2 aliphatic carbocycles. The molecule has 1 fully saturated rings. The second-order valence-electron chi connectivity index (χ2n) is 11.3. The summed E-state index contributed by atoms with van der Waals surface area (Å²) in [5.74, 6) is -1.70. The van der Waals surface area contributed by atoms with Crippen LogP contribution in [0.2, 0.25) is 0 Å². The Balaban J connectivity index is 0.000000343. The lowest BCUT2D eigenvalue weighted by Crippen LogP contribution is -2.30. The van der Waals surface area contributed by atoms with E-state index in [-0.39, 0.29) is 29.2 Å². The fraction of sp³-hybridized carbons (Fsp3) is 0.367. The average Bonchev–Trinajstić information content (AvgIpc) is 3.47. The molecule has 2 aliphatic rings. The minimum Gasteiger partial charge on any atom is -0.391 e. The molecule has 0 unspecified atom stereocenters. The van der Waals surface area contributed by atoms with Crippen LogP contribution in [0.25, 0.3) is 5.69 Å². The molecule has 1 amide bonds. The predicted octanol–water partition coefficient (Wildman–Crippen LogP) is 6.54. The van der Waals surface area contributed by atoms with Crippen LogP contribution in [-0.2, 0) is 12.6 Å². The number of hydrogen-bond acceptors (Lipinski definition) is 5. The molecule has 0 spiro atoms. The number of carbonyl (C=O) groups excluding carboxylic acids is 2. The first-order chi connectivity index (χ1) is 19.6. The van der Waals surface area contributed by atoms with E-state index in [0.29, 0.717) is 40.8 Å². The molecule has 1 aromatic heterocycles. The van der Waals surface area contributed by atoms with Crippen LogP contribution in [0.3, 0.4) is 0 Å². The fourth-order valence-electron chi connectivity index (χ4n) is 5.42. The van der Waals surface area contributed by atoms with E-state index >= 15 is 0 Å². The number of anilines is 1. The van der Waals surface area contributed by atoms with E-state index in [1.165, 1.54) is 28.8 Å². The van der Waals surface area contributed by atoms with E-state index < -0.39 is 40.8 Å². The number of benzene rings is 2. The van der Waals surface area contributed by atoms with Crippen LogP contribution >= 0.6 is 15.9 Å². The Morgan fingerprint density at radius 2 is 1.90 bits per heavy atom. The molecular weight excluding hydrogens is 620 g/mol. The van der Waals surface area contributed by atoms with Gasteiger partial charge in [0.15, 0.2) is 5.78 Å². The van der Waals surface area contributed by atoms with Crippen molar-refractivity contribution >= 4 is 33.3 Å². The first kappa shape index (κ1) is 31.3. The van der Waals surface area contributed by atoms with Crippen LogP contribution in [0.15, 0.2) is 47.1 Å². The number of primary amides is 1. The maximum absolute atomic E-state index is 13.8. The largest absolute Gasteiger partial charge is 0.418 e. The van der Waals surface area contributed by atoms with Crippen molar-refractivity contribution in [2.45, 2.75) is 64.3 Å². The number of fused-ring (bicyclic) bond motifs is 1. The molecule has 0 bridgehead atoms. The lowest BCUT2D eigenvalue weighted by atomic mass is 9.75. The van der Waals surface area contributed by atoms with Gasteiger partial charge in [0.1, 0.15) is 11.9 Å². The van der Waals surface area contributed by atoms with E-state index in [0.717, 1.165) is 12.6 Å². The van der Waals surface area contributed by atoms with Crippen molar-refractivity contribution in [1.82, 2.24) is 4.57 Å². The Hall–Kier alpha value is -3.69. The third-order valence-electron chi connectivity index (χ3n) is 7.40. The van der Waals surface area contributed by atoms with Crippen LogP contribution < -0.4 is 11.1 Å². The summed E-state index contributed by atoms with van der Waals surface area (Å²) in [7, 11) is 0. The van der Waals surface area contributed by atoms with Gasteiger partial charge in [0, 0.05) is 34.2 Å². The smallest absolute Gasteiger partial charge is 0.391 e. The SMILES string of the molecule is CC1(C)CC(=O)c2c(C(F)(F)F)cn(-c3ccc(C(N)=O)c(N[C@H]4CCC[C@@H]4O)c3)c2C1.N#Cc1ccc(Br)cc1F. The van der Waals surface area contributed by atoms with E-state index in [4.69, 9.17) is 11.0 Å². The minimum atomic E-state index is -4.67. The van der Waals surface area contributed by atoms with Gasteiger partial charge >= 0.3 is 6.18 Å². The third-order valence-corrected chi connectivity index (χ3v) is 7.89. The molecule has 0 aliphatic heterocycles. The van der Waals surface area contributed by atoms with Crippen molar-refractivity contribution in [3.8, 4) is 11.8 Å². The van der Waals surface area contributed by atoms with Crippen molar-refractivity contribution in [3.63, 3.8) is 0 Å². The Labute approximate surface area is 248 Å². The number of ketones is 1. The molecule has 12 heteroatoms. The second kappa shape index (κ2) is 11.9. The monoisotopic (exact) mass is 648 g/mol. The fourth-order valence-corrected chi connectivity index (χ4v) is 5.75. The molecule has 4 N–H and O–H groups in total. The summed E-state index contributed by atoms with van der Waals surface area (Å²) in [5, 5.41) is 21.6. The van der Waals surface area contributed by atoms with Crippen LogP contribution in [0.4, 0.5) is 23.2 Å². The van der Waals surface area contributed by atoms with Crippen LogP contribution in [0.1, 0.15) is 77.1 Å². The number of nitrogens with one attached hydrogen (secondary N) is 1. The molecule has 0 radical (unpaired) electrons. The zero-order chi connectivity index (χ0) is 31.0. The van der Waals surface area contributed by atoms with Crippen molar-refractivity contribution in [2.24, 2.45) is 11.1 Å². The summed E-state index contributed by atoms with van der Waals surface area (Å²) in [4.78, 5) is 24.6. The summed E-state index contributed by atoms with van der Waals surface area (Å²) in [6.07, 6.45) is -1.82. The van der Waals surface area contributed by atoms with Crippen molar-refractivity contribution in [2.75, 3.05) is 5.32 Å². The summed E-state index contributed by atoms with van der Waals surface area (Å²) in [6.45, 7) is 3.70. The van der Waals surface area contributed by atoms with Gasteiger partial charge in [0.25, 0.3) is 5.91 Å². The number of hydrogen-bond donors (Lipinski definition) is 3. The Bertz CT molecular complexity index is 1580. The third kappa shape index (κ3) is 6.68. The second-order valence-corrected chi connectivity index (χ2v) is 12.2. The highest BCUT2D eigenvalue weighted by Gasteiger charge is 2.43. The minimum absolute atomic E-state index is 0.0417. The molecule has 3 aromatic rings. The van der Waals surface area contributed by atoms with E-state index in [1.807, 2.05) is 13.8 Å². The number of carbonyl (C=O) groups is 2. The highest BCUT2D eigenvalue weighted by atomic mass is 79.9. The number of nitrogens with zero attached hydrogens (tertiary/aromatic N) is 2. The quantitative estimate of drug-likeness (QED) is 0.278. The van der Waals surface area contributed by atoms with Crippen LogP contribution in [0, 0.1) is 22.6 Å². The molecule has 1 heterocycles. The summed E-state index contributed by atoms with van der Waals surface area (Å²) in [5.41, 5.74) is 5.06. The number of nitriles is 1. The van der Waals surface area contributed by atoms with Gasteiger partial charge in [-0.2, -0.15) is 18.4 Å². The van der Waals surface area contributed by atoms with Gasteiger partial charge < -0.3 is 20.7 Å². The topological polar surface area (TPSA) is 121 Å². The van der Waals surface area contributed by atoms with Gasteiger partial charge in [0.2, 0.25) is 0 Å². The maximum Gasteiger partial charge on any atom is 0.418 e. The van der Waals surface area contributed by atoms with Gasteiger partial charge in [-0.3, -0.25) is 9.59 Å². The van der Waals surface area contributed by atoms with Gasteiger partial charge in [0.05, 0.1) is 34.4 Å². The number of aromatic nitrogens is 1. The zero-order valence-electron chi connectivity index (χ0n) is 22.9. The molecule has 5 rings (SSSR count). The molecule has 42 heavy (non-hydrogen) atoms. The number of amides is 1. The number of halogens is 5. The van der Waals surface area contributed by atoms with E-state index in [2.05, 4.69) is 21.2 Å². The highest BCUT2D eigenvalue weighted by Crippen LogP contribution is 2.43. The average molecular weight is 649 g/mol. The van der Waals surface area contributed by atoms with Crippen molar-refractivity contribution < 1.29 is 32.3 Å². The van der Waals surface area contributed by atoms with Gasteiger partial charge in [-0.05, 0) is 67.5 Å². The Morgan fingerprint density at radius 1 is 1.19 bits per heavy atom. The van der Waals surface area contributed by atoms with E-state index in [9.17, 15) is 32.3 Å². The summed E-state index contributed by atoms with van der Waals surface area (Å²) < 4.78 is 55.9. The maximum atomic E-state index is 13.8.